The van der Waals surface area contributed by atoms with Gasteiger partial charge in [0.15, 0.2) is 6.61 Å². The minimum atomic E-state index is -4.46. The molecule has 0 radical (unpaired) electrons. The molecule has 0 unspecified atom stereocenters. The summed E-state index contributed by atoms with van der Waals surface area (Å²) >= 11 is 0. The van der Waals surface area contributed by atoms with Gasteiger partial charge in [0.25, 0.3) is 5.91 Å². The highest BCUT2D eigenvalue weighted by atomic mass is 19.4. The van der Waals surface area contributed by atoms with Crippen molar-refractivity contribution in [1.29, 1.82) is 0 Å². The summed E-state index contributed by atoms with van der Waals surface area (Å²) in [5, 5.41) is 8.23. The normalized spacial score (nSPS) is 11.3. The number of rotatable bonds is 5. The summed E-state index contributed by atoms with van der Waals surface area (Å²) in [5.74, 6) is -2.27. The lowest BCUT2D eigenvalue weighted by molar-refractivity contribution is -0.144. The van der Waals surface area contributed by atoms with E-state index in [0.717, 1.165) is 12.3 Å². The molecule has 1 amide bonds. The van der Waals surface area contributed by atoms with Gasteiger partial charge in [-0.15, -0.1) is 0 Å². The van der Waals surface area contributed by atoms with Gasteiger partial charge in [-0.25, -0.2) is 10.3 Å². The van der Waals surface area contributed by atoms with Gasteiger partial charge in [-0.2, -0.15) is 13.2 Å². The molecule has 1 heterocycles. The van der Waals surface area contributed by atoms with Gasteiger partial charge in [0.2, 0.25) is 0 Å². The van der Waals surface area contributed by atoms with Gasteiger partial charge in [0.05, 0.1) is 0 Å². The highest BCUT2D eigenvalue weighted by molar-refractivity contribution is 5.92. The van der Waals surface area contributed by atoms with E-state index in [1.54, 1.807) is 5.48 Å². The maximum atomic E-state index is 12.2. The fourth-order valence-corrected chi connectivity index (χ4v) is 1.17. The van der Waals surface area contributed by atoms with E-state index in [1.807, 2.05) is 0 Å². The monoisotopic (exact) mass is 266 g/mol. The van der Waals surface area contributed by atoms with E-state index in [-0.39, 0.29) is 5.69 Å². The van der Waals surface area contributed by atoms with E-state index >= 15 is 0 Å². The number of carboxylic acids is 1. The average molecular weight is 266 g/mol. The summed E-state index contributed by atoms with van der Waals surface area (Å²) in [6.07, 6.45) is -3.38. The Bertz CT molecular complexity index is 441. The first kappa shape index (κ1) is 14.0. The van der Waals surface area contributed by atoms with E-state index in [0.29, 0.717) is 4.57 Å². The molecule has 0 atom stereocenters. The zero-order chi connectivity index (χ0) is 13.8. The Hall–Kier alpha value is -2.03. The topological polar surface area (TPSA) is 80.6 Å². The quantitative estimate of drug-likeness (QED) is 0.772. The van der Waals surface area contributed by atoms with Crippen LogP contribution in [0.2, 0.25) is 0 Å². The Morgan fingerprint density at radius 2 is 2.11 bits per heavy atom. The van der Waals surface area contributed by atoms with Crippen molar-refractivity contribution in [2.24, 2.45) is 0 Å². The van der Waals surface area contributed by atoms with Gasteiger partial charge < -0.3 is 9.67 Å². The number of halogens is 3. The molecule has 18 heavy (non-hydrogen) atoms. The van der Waals surface area contributed by atoms with Gasteiger partial charge in [-0.3, -0.25) is 9.63 Å². The van der Waals surface area contributed by atoms with Gasteiger partial charge >= 0.3 is 12.1 Å². The zero-order valence-electron chi connectivity index (χ0n) is 8.90. The van der Waals surface area contributed by atoms with E-state index in [9.17, 15) is 22.8 Å². The van der Waals surface area contributed by atoms with Crippen LogP contribution in [0.3, 0.4) is 0 Å². The Kier molecular flexibility index (Phi) is 4.32. The predicted octanol–water partition coefficient (Wildman–Crippen LogP) is 0.796. The second kappa shape index (κ2) is 5.54. The fraction of sp³-hybridized carbons (Fsp3) is 0.333. The first-order chi connectivity index (χ1) is 8.29. The number of alkyl halides is 3. The van der Waals surface area contributed by atoms with Crippen molar-refractivity contribution < 1.29 is 32.7 Å². The molecule has 0 bridgehead atoms. The summed E-state index contributed by atoms with van der Waals surface area (Å²) in [6.45, 7) is -2.10. The summed E-state index contributed by atoms with van der Waals surface area (Å²) in [6, 6.07) is 2.42. The number of hydroxylamine groups is 1. The minimum Gasteiger partial charge on any atom is -0.479 e. The molecular formula is C9H9F3N2O4. The molecule has 0 aliphatic heterocycles. The average Bonchev–Trinajstić information content (AvgIpc) is 2.62. The van der Waals surface area contributed by atoms with Crippen LogP contribution < -0.4 is 5.48 Å². The smallest absolute Gasteiger partial charge is 0.406 e. The SMILES string of the molecule is O=C(O)CONC(=O)c1cccn1CC(F)(F)F. The van der Waals surface area contributed by atoms with Crippen molar-refractivity contribution >= 4 is 11.9 Å². The van der Waals surface area contributed by atoms with Crippen LogP contribution in [0, 0.1) is 0 Å². The standard InChI is InChI=1S/C9H9F3N2O4/c10-9(11,12)5-14-3-1-2-6(14)8(17)13-18-4-7(15)16/h1-3H,4-5H2,(H,13,17)(H,15,16). The lowest BCUT2D eigenvalue weighted by atomic mass is 10.4. The number of carbonyl (C=O) groups excluding carboxylic acids is 1. The molecule has 100 valence electrons. The maximum Gasteiger partial charge on any atom is 0.406 e. The highest BCUT2D eigenvalue weighted by Gasteiger charge is 2.29. The number of aliphatic carboxylic acids is 1. The molecule has 0 aliphatic rings. The number of carbonyl (C=O) groups is 2. The molecule has 6 nitrogen and oxygen atoms in total. The third-order valence-electron chi connectivity index (χ3n) is 1.77. The number of hydrogen-bond acceptors (Lipinski definition) is 3. The molecule has 1 rings (SSSR count). The molecule has 9 heteroatoms. The fourth-order valence-electron chi connectivity index (χ4n) is 1.17. The molecular weight excluding hydrogens is 257 g/mol. The molecule has 0 spiro atoms. The Morgan fingerprint density at radius 3 is 2.67 bits per heavy atom. The number of carboxylic acid groups (broad SMARTS) is 1. The number of hydrogen-bond donors (Lipinski definition) is 2. The summed E-state index contributed by atoms with van der Waals surface area (Å²) in [7, 11) is 0. The number of nitrogens with zero attached hydrogens (tertiary/aromatic N) is 1. The van der Waals surface area contributed by atoms with Crippen molar-refractivity contribution in [3.05, 3.63) is 24.0 Å². The first-order valence-electron chi connectivity index (χ1n) is 4.65. The van der Waals surface area contributed by atoms with Crippen LogP contribution in [0.1, 0.15) is 10.5 Å². The molecule has 0 aromatic carbocycles. The lowest BCUT2D eigenvalue weighted by Gasteiger charge is -2.11. The predicted molar refractivity (Wildman–Crippen MR) is 51.5 cm³/mol. The molecule has 0 saturated carbocycles. The molecule has 0 fully saturated rings. The van der Waals surface area contributed by atoms with Crippen LogP contribution in [0.15, 0.2) is 18.3 Å². The van der Waals surface area contributed by atoms with E-state index < -0.39 is 31.2 Å². The van der Waals surface area contributed by atoms with E-state index in [2.05, 4.69) is 4.84 Å². The Labute approximate surface area is 98.9 Å². The summed E-state index contributed by atoms with van der Waals surface area (Å²) < 4.78 is 37.2. The highest BCUT2D eigenvalue weighted by Crippen LogP contribution is 2.18. The zero-order valence-corrected chi connectivity index (χ0v) is 8.90. The molecule has 2 N–H and O–H groups in total. The first-order valence-corrected chi connectivity index (χ1v) is 4.65. The van der Waals surface area contributed by atoms with Crippen molar-refractivity contribution in [2.75, 3.05) is 6.61 Å². The Morgan fingerprint density at radius 1 is 1.44 bits per heavy atom. The van der Waals surface area contributed by atoms with E-state index in [4.69, 9.17) is 5.11 Å². The van der Waals surface area contributed by atoms with Crippen LogP contribution in [-0.2, 0) is 16.2 Å². The van der Waals surface area contributed by atoms with Gasteiger partial charge in [-0.05, 0) is 12.1 Å². The summed E-state index contributed by atoms with van der Waals surface area (Å²) in [4.78, 5) is 25.7. The second-order valence-electron chi connectivity index (χ2n) is 3.25. The van der Waals surface area contributed by atoms with Gasteiger partial charge in [0.1, 0.15) is 12.2 Å². The number of nitrogens with one attached hydrogen (secondary N) is 1. The lowest BCUT2D eigenvalue weighted by Crippen LogP contribution is -2.30. The van der Waals surface area contributed by atoms with Gasteiger partial charge in [-0.1, -0.05) is 0 Å². The third-order valence-corrected chi connectivity index (χ3v) is 1.77. The maximum absolute atomic E-state index is 12.2. The summed E-state index contributed by atoms with van der Waals surface area (Å²) in [5.41, 5.74) is 1.45. The van der Waals surface area contributed by atoms with Crippen molar-refractivity contribution in [3.8, 4) is 0 Å². The van der Waals surface area contributed by atoms with E-state index in [1.165, 1.54) is 6.07 Å². The largest absolute Gasteiger partial charge is 0.479 e. The van der Waals surface area contributed by atoms with Crippen LogP contribution in [0.5, 0.6) is 0 Å². The van der Waals surface area contributed by atoms with Crippen LogP contribution in [-0.4, -0.2) is 34.3 Å². The number of aromatic nitrogens is 1. The van der Waals surface area contributed by atoms with Crippen LogP contribution in [0.4, 0.5) is 13.2 Å². The molecule has 1 aromatic rings. The Balaban J connectivity index is 2.63. The molecule has 0 aliphatic carbocycles. The second-order valence-corrected chi connectivity index (χ2v) is 3.25. The third kappa shape index (κ3) is 4.45. The molecule has 1 aromatic heterocycles. The molecule has 0 saturated heterocycles. The van der Waals surface area contributed by atoms with Crippen molar-refractivity contribution in [1.82, 2.24) is 10.0 Å². The number of amides is 1. The van der Waals surface area contributed by atoms with Crippen molar-refractivity contribution in [2.45, 2.75) is 12.7 Å². The van der Waals surface area contributed by atoms with Crippen molar-refractivity contribution in [3.63, 3.8) is 0 Å². The minimum absolute atomic E-state index is 0.280. The van der Waals surface area contributed by atoms with Gasteiger partial charge in [0, 0.05) is 6.20 Å². The van der Waals surface area contributed by atoms with Crippen LogP contribution in [0.25, 0.3) is 0 Å². The van der Waals surface area contributed by atoms with Crippen LogP contribution >= 0.6 is 0 Å².